The number of carbonyl (C=O) groups excluding carboxylic acids is 1. The molecule has 1 aromatic heterocycles. The first kappa shape index (κ1) is 19.6. The minimum absolute atomic E-state index is 0. The Morgan fingerprint density at radius 3 is 2.93 bits per heavy atom. The number of ether oxygens (including phenoxy) is 1. The second kappa shape index (κ2) is 8.27. The van der Waals surface area contributed by atoms with E-state index in [1.807, 2.05) is 12.3 Å². The zero-order chi connectivity index (χ0) is 18.0. The molecular weight excluding hydrogens is 371 g/mol. The third-order valence-electron chi connectivity index (χ3n) is 5.34. The molecule has 1 amide bonds. The number of hydrogen-bond acceptors (Lipinski definition) is 4. The average Bonchev–Trinajstić information content (AvgIpc) is 3.14. The van der Waals surface area contributed by atoms with E-state index in [1.54, 1.807) is 16.9 Å². The molecule has 0 radical (unpaired) electrons. The van der Waals surface area contributed by atoms with Crippen LogP contribution < -0.4 is 15.4 Å². The van der Waals surface area contributed by atoms with E-state index in [4.69, 9.17) is 4.74 Å². The summed E-state index contributed by atoms with van der Waals surface area (Å²) in [6.07, 6.45) is 6.39. The molecule has 1 aromatic carbocycles. The summed E-state index contributed by atoms with van der Waals surface area (Å²) in [6.45, 7) is 2.08. The number of fused-ring (bicyclic) bond motifs is 1. The van der Waals surface area contributed by atoms with Gasteiger partial charge in [0.05, 0.1) is 12.6 Å². The molecule has 2 aromatic rings. The predicted octanol–water partition coefficient (Wildman–Crippen LogP) is 2.55. The third-order valence-corrected chi connectivity index (χ3v) is 5.34. The number of hydrogen-bond donors (Lipinski definition) is 2. The van der Waals surface area contributed by atoms with Crippen molar-refractivity contribution in [2.24, 2.45) is 0 Å². The molecule has 1 atom stereocenters. The first-order valence-electron chi connectivity index (χ1n) is 9.13. The second-order valence-corrected chi connectivity index (χ2v) is 6.93. The van der Waals surface area contributed by atoms with E-state index in [9.17, 15) is 9.18 Å². The first-order valence-corrected chi connectivity index (χ1v) is 9.13. The minimum atomic E-state index is -0.713. The SMILES string of the molecule is Cl.O=C(NC1CCCOc2ccc(F)cc21)C1(n2cccn2)CCNCC1. The number of nitrogens with one attached hydrogen (secondary N) is 2. The highest BCUT2D eigenvalue weighted by atomic mass is 35.5. The van der Waals surface area contributed by atoms with E-state index in [1.165, 1.54) is 12.1 Å². The summed E-state index contributed by atoms with van der Waals surface area (Å²) >= 11 is 0. The molecule has 8 heteroatoms. The highest BCUT2D eigenvalue weighted by molar-refractivity contribution is 5.85. The molecule has 1 fully saturated rings. The van der Waals surface area contributed by atoms with Crippen molar-refractivity contribution < 1.29 is 13.9 Å². The highest BCUT2D eigenvalue weighted by Gasteiger charge is 2.43. The maximum absolute atomic E-state index is 13.8. The smallest absolute Gasteiger partial charge is 0.248 e. The van der Waals surface area contributed by atoms with E-state index in [0.717, 1.165) is 25.9 Å². The Bertz CT molecular complexity index is 778. The van der Waals surface area contributed by atoms with E-state index >= 15 is 0 Å². The largest absolute Gasteiger partial charge is 0.493 e. The van der Waals surface area contributed by atoms with Gasteiger partial charge in [0.25, 0.3) is 0 Å². The van der Waals surface area contributed by atoms with Crippen LogP contribution in [0.5, 0.6) is 5.75 Å². The summed E-state index contributed by atoms with van der Waals surface area (Å²) < 4.78 is 21.3. The number of amides is 1. The zero-order valence-electron chi connectivity index (χ0n) is 15.0. The lowest BCUT2D eigenvalue weighted by Crippen LogP contribution is -2.55. The molecule has 0 bridgehead atoms. The fourth-order valence-electron chi connectivity index (χ4n) is 3.91. The number of benzene rings is 1. The van der Waals surface area contributed by atoms with Gasteiger partial charge in [-0.05, 0) is 63.0 Å². The van der Waals surface area contributed by atoms with Gasteiger partial charge in [0, 0.05) is 18.0 Å². The van der Waals surface area contributed by atoms with Crippen LogP contribution >= 0.6 is 12.4 Å². The van der Waals surface area contributed by atoms with Gasteiger partial charge in [0.1, 0.15) is 17.1 Å². The number of halogens is 2. The molecule has 27 heavy (non-hydrogen) atoms. The Kier molecular flexibility index (Phi) is 6.01. The van der Waals surface area contributed by atoms with Crippen molar-refractivity contribution in [3.05, 3.63) is 48.0 Å². The number of nitrogens with zero attached hydrogens (tertiary/aromatic N) is 2. The van der Waals surface area contributed by atoms with Gasteiger partial charge in [0.15, 0.2) is 0 Å². The Morgan fingerprint density at radius 2 is 2.19 bits per heavy atom. The van der Waals surface area contributed by atoms with Gasteiger partial charge in [-0.15, -0.1) is 12.4 Å². The Hall–Kier alpha value is -2.12. The molecular formula is C19H24ClFN4O2. The van der Waals surface area contributed by atoms with Crippen LogP contribution in [0.2, 0.25) is 0 Å². The Balaban J connectivity index is 0.00000210. The lowest BCUT2D eigenvalue weighted by atomic mass is 9.86. The van der Waals surface area contributed by atoms with Crippen molar-refractivity contribution in [1.82, 2.24) is 20.4 Å². The monoisotopic (exact) mass is 394 g/mol. The Labute approximate surface area is 163 Å². The second-order valence-electron chi connectivity index (χ2n) is 6.93. The summed E-state index contributed by atoms with van der Waals surface area (Å²) in [6, 6.07) is 6.07. The fourth-order valence-corrected chi connectivity index (χ4v) is 3.91. The molecule has 1 unspecified atom stereocenters. The fraction of sp³-hybridized carbons (Fsp3) is 0.474. The van der Waals surface area contributed by atoms with Crippen LogP contribution in [0, 0.1) is 5.82 Å². The highest BCUT2D eigenvalue weighted by Crippen LogP contribution is 2.34. The summed E-state index contributed by atoms with van der Waals surface area (Å²) in [5, 5.41) is 10.8. The molecule has 0 spiro atoms. The number of aromatic nitrogens is 2. The van der Waals surface area contributed by atoms with Gasteiger partial charge in [-0.1, -0.05) is 0 Å². The van der Waals surface area contributed by atoms with Crippen LogP contribution in [-0.4, -0.2) is 35.4 Å². The van der Waals surface area contributed by atoms with E-state index in [-0.39, 0.29) is 30.2 Å². The molecule has 0 aliphatic carbocycles. The van der Waals surface area contributed by atoms with Crippen LogP contribution in [0.1, 0.15) is 37.3 Å². The van der Waals surface area contributed by atoms with E-state index in [2.05, 4.69) is 15.7 Å². The summed E-state index contributed by atoms with van der Waals surface area (Å²) in [7, 11) is 0. The molecule has 0 saturated carbocycles. The lowest BCUT2D eigenvalue weighted by Gasteiger charge is -2.37. The summed E-state index contributed by atoms with van der Waals surface area (Å²) in [4.78, 5) is 13.4. The van der Waals surface area contributed by atoms with Crippen molar-refractivity contribution in [3.8, 4) is 5.75 Å². The molecule has 4 rings (SSSR count). The van der Waals surface area contributed by atoms with Crippen LogP contribution in [0.25, 0.3) is 0 Å². The summed E-state index contributed by atoms with van der Waals surface area (Å²) in [5.74, 6) is 0.259. The van der Waals surface area contributed by atoms with Crippen LogP contribution in [0.3, 0.4) is 0 Å². The number of piperidine rings is 1. The van der Waals surface area contributed by atoms with Gasteiger partial charge in [-0.3, -0.25) is 9.48 Å². The van der Waals surface area contributed by atoms with Crippen LogP contribution in [-0.2, 0) is 10.3 Å². The van der Waals surface area contributed by atoms with Gasteiger partial charge >= 0.3 is 0 Å². The molecule has 146 valence electrons. The maximum atomic E-state index is 13.8. The first-order chi connectivity index (χ1) is 12.7. The molecule has 1 saturated heterocycles. The Morgan fingerprint density at radius 1 is 1.37 bits per heavy atom. The van der Waals surface area contributed by atoms with Crippen molar-refractivity contribution in [3.63, 3.8) is 0 Å². The van der Waals surface area contributed by atoms with Gasteiger partial charge in [-0.2, -0.15) is 5.10 Å². The van der Waals surface area contributed by atoms with E-state index in [0.29, 0.717) is 30.8 Å². The maximum Gasteiger partial charge on any atom is 0.248 e. The van der Waals surface area contributed by atoms with E-state index < -0.39 is 5.54 Å². The van der Waals surface area contributed by atoms with Crippen molar-refractivity contribution >= 4 is 18.3 Å². The molecule has 3 heterocycles. The number of rotatable bonds is 3. The molecule has 2 aliphatic heterocycles. The third kappa shape index (κ3) is 3.80. The quantitative estimate of drug-likeness (QED) is 0.839. The predicted molar refractivity (Wildman–Crippen MR) is 102 cm³/mol. The molecule has 2 aliphatic rings. The summed E-state index contributed by atoms with van der Waals surface area (Å²) in [5.41, 5.74) is -0.00419. The van der Waals surface area contributed by atoms with Gasteiger partial charge in [0.2, 0.25) is 5.91 Å². The lowest BCUT2D eigenvalue weighted by molar-refractivity contribution is -0.132. The average molecular weight is 395 g/mol. The van der Waals surface area contributed by atoms with Gasteiger partial charge < -0.3 is 15.4 Å². The normalized spacial score (nSPS) is 21.1. The van der Waals surface area contributed by atoms with Crippen LogP contribution in [0.15, 0.2) is 36.7 Å². The molecule has 6 nitrogen and oxygen atoms in total. The zero-order valence-corrected chi connectivity index (χ0v) is 15.8. The van der Waals surface area contributed by atoms with Crippen molar-refractivity contribution in [2.75, 3.05) is 19.7 Å². The topological polar surface area (TPSA) is 68.2 Å². The van der Waals surface area contributed by atoms with Crippen molar-refractivity contribution in [2.45, 2.75) is 37.3 Å². The van der Waals surface area contributed by atoms with Crippen LogP contribution in [0.4, 0.5) is 4.39 Å². The number of carbonyl (C=O) groups is 1. The van der Waals surface area contributed by atoms with Gasteiger partial charge in [-0.25, -0.2) is 4.39 Å². The standard InChI is InChI=1S/C19H23FN4O2.ClH/c20-14-4-5-17-15(13-14)16(3-1-12-26-17)23-18(25)19(6-9-21-10-7-19)24-11-2-8-22-24;/h2,4-5,8,11,13,16,21H,1,3,6-7,9-10,12H2,(H,23,25);1H. The minimum Gasteiger partial charge on any atom is -0.493 e. The van der Waals surface area contributed by atoms with Crippen molar-refractivity contribution in [1.29, 1.82) is 0 Å². The molecule has 2 N–H and O–H groups in total.